The molecule has 1 aromatic heterocycles. The average molecular weight is 233 g/mol. The lowest BCUT2D eigenvalue weighted by Gasteiger charge is -2.03. The number of anilines is 1. The molecule has 3 nitrogen and oxygen atoms in total. The van der Waals surface area contributed by atoms with Crippen LogP contribution in [0.3, 0.4) is 0 Å². The number of nitriles is 1. The highest BCUT2D eigenvalue weighted by Crippen LogP contribution is 2.30. The number of benzene rings is 2. The molecule has 0 saturated heterocycles. The minimum Gasteiger partial charge on any atom is -0.399 e. The first kappa shape index (κ1) is 10.4. The van der Waals surface area contributed by atoms with Gasteiger partial charge in [0.15, 0.2) is 6.19 Å². The molecule has 0 unspecified atom stereocenters. The van der Waals surface area contributed by atoms with Crippen LogP contribution in [0.2, 0.25) is 0 Å². The molecule has 0 aliphatic carbocycles. The van der Waals surface area contributed by atoms with Crippen molar-refractivity contribution in [2.45, 2.75) is 0 Å². The van der Waals surface area contributed by atoms with Crippen molar-refractivity contribution in [2.75, 3.05) is 5.73 Å². The second kappa shape index (κ2) is 3.94. The Balaban J connectivity index is 2.33. The van der Waals surface area contributed by atoms with Crippen LogP contribution in [0, 0.1) is 11.5 Å². The molecule has 0 atom stereocenters. The van der Waals surface area contributed by atoms with Crippen molar-refractivity contribution < 1.29 is 0 Å². The third kappa shape index (κ3) is 1.52. The average Bonchev–Trinajstić information content (AvgIpc) is 2.78. The summed E-state index contributed by atoms with van der Waals surface area (Å²) in [6.07, 6.45) is 4.03. The molecule has 0 spiro atoms. The monoisotopic (exact) mass is 233 g/mol. The van der Waals surface area contributed by atoms with Gasteiger partial charge in [0.05, 0.1) is 5.69 Å². The highest BCUT2D eigenvalue weighted by atomic mass is 15.0. The van der Waals surface area contributed by atoms with Gasteiger partial charge in [-0.2, -0.15) is 5.26 Å². The zero-order valence-corrected chi connectivity index (χ0v) is 9.67. The molecule has 3 rings (SSSR count). The van der Waals surface area contributed by atoms with E-state index in [0.29, 0.717) is 0 Å². The van der Waals surface area contributed by atoms with Gasteiger partial charge in [-0.15, -0.1) is 0 Å². The smallest absolute Gasteiger partial charge is 0.188 e. The number of nitrogens with zero attached hydrogens (tertiary/aromatic N) is 2. The van der Waals surface area contributed by atoms with Gasteiger partial charge >= 0.3 is 0 Å². The molecule has 18 heavy (non-hydrogen) atoms. The van der Waals surface area contributed by atoms with Gasteiger partial charge in [0, 0.05) is 28.2 Å². The van der Waals surface area contributed by atoms with E-state index < -0.39 is 0 Å². The Morgan fingerprint density at radius 1 is 1.00 bits per heavy atom. The van der Waals surface area contributed by atoms with Gasteiger partial charge in [0.2, 0.25) is 0 Å². The van der Waals surface area contributed by atoms with E-state index in [4.69, 9.17) is 5.73 Å². The lowest BCUT2D eigenvalue weighted by Crippen LogP contribution is -1.90. The van der Waals surface area contributed by atoms with E-state index in [-0.39, 0.29) is 0 Å². The standard InChI is InChI=1S/C15H11N3/c16-10-18-9-12-3-1-2-4-14(12)15(18)11-5-7-13(17)8-6-11/h1-9H,17H2. The third-order valence-corrected chi connectivity index (χ3v) is 3.02. The van der Waals surface area contributed by atoms with Crippen molar-refractivity contribution in [3.63, 3.8) is 0 Å². The van der Waals surface area contributed by atoms with Gasteiger partial charge < -0.3 is 5.73 Å². The first-order chi connectivity index (χ1) is 8.79. The maximum Gasteiger partial charge on any atom is 0.188 e. The summed E-state index contributed by atoms with van der Waals surface area (Å²) >= 11 is 0. The molecule has 3 heteroatoms. The fourth-order valence-corrected chi connectivity index (χ4v) is 2.17. The van der Waals surface area contributed by atoms with Crippen LogP contribution >= 0.6 is 0 Å². The van der Waals surface area contributed by atoms with Gasteiger partial charge in [-0.05, 0) is 12.1 Å². The second-order valence-corrected chi connectivity index (χ2v) is 4.16. The Bertz CT molecular complexity index is 745. The molecule has 2 aromatic carbocycles. The van der Waals surface area contributed by atoms with Crippen molar-refractivity contribution in [1.29, 1.82) is 5.26 Å². The third-order valence-electron chi connectivity index (χ3n) is 3.02. The summed E-state index contributed by atoms with van der Waals surface area (Å²) in [5.74, 6) is 0. The molecule has 0 radical (unpaired) electrons. The number of nitrogens with two attached hydrogens (primary N) is 1. The minimum atomic E-state index is 0.720. The van der Waals surface area contributed by atoms with E-state index in [2.05, 4.69) is 6.19 Å². The molecule has 3 aromatic rings. The number of rotatable bonds is 1. The fraction of sp³-hybridized carbons (Fsp3) is 0. The zero-order chi connectivity index (χ0) is 12.5. The molecule has 0 aliphatic heterocycles. The minimum absolute atomic E-state index is 0.720. The number of aromatic nitrogens is 1. The number of fused-ring (bicyclic) bond motifs is 1. The summed E-state index contributed by atoms with van der Waals surface area (Å²) in [6, 6.07) is 15.5. The van der Waals surface area contributed by atoms with Crippen LogP contribution < -0.4 is 5.73 Å². The summed E-state index contributed by atoms with van der Waals surface area (Å²) in [4.78, 5) is 0. The summed E-state index contributed by atoms with van der Waals surface area (Å²) < 4.78 is 1.59. The highest BCUT2D eigenvalue weighted by Gasteiger charge is 2.10. The van der Waals surface area contributed by atoms with E-state index in [0.717, 1.165) is 27.7 Å². The van der Waals surface area contributed by atoms with Crippen LogP contribution in [0.15, 0.2) is 54.7 Å². The van der Waals surface area contributed by atoms with E-state index in [9.17, 15) is 5.26 Å². The van der Waals surface area contributed by atoms with Crippen LogP contribution in [0.25, 0.3) is 22.0 Å². The molecular formula is C15H11N3. The second-order valence-electron chi connectivity index (χ2n) is 4.16. The molecule has 0 bridgehead atoms. The molecule has 86 valence electrons. The van der Waals surface area contributed by atoms with Crippen LogP contribution in [0.1, 0.15) is 0 Å². The number of hydrogen-bond donors (Lipinski definition) is 1. The van der Waals surface area contributed by atoms with E-state index in [1.807, 2.05) is 54.7 Å². The molecule has 0 aliphatic rings. The molecule has 2 N–H and O–H groups in total. The van der Waals surface area contributed by atoms with Crippen molar-refractivity contribution in [1.82, 2.24) is 4.57 Å². The Kier molecular flexibility index (Phi) is 2.28. The Hall–Kier alpha value is -2.73. The number of nitrogen functional groups attached to an aromatic ring is 1. The van der Waals surface area contributed by atoms with Gasteiger partial charge in [0.1, 0.15) is 0 Å². The molecular weight excluding hydrogens is 222 g/mol. The van der Waals surface area contributed by atoms with Gasteiger partial charge in [-0.1, -0.05) is 36.4 Å². The topological polar surface area (TPSA) is 54.7 Å². The molecule has 0 amide bonds. The summed E-state index contributed by atoms with van der Waals surface area (Å²) in [7, 11) is 0. The molecule has 0 fully saturated rings. The molecule has 0 saturated carbocycles. The number of hydrogen-bond acceptors (Lipinski definition) is 2. The normalized spacial score (nSPS) is 10.4. The van der Waals surface area contributed by atoms with E-state index in [1.54, 1.807) is 4.57 Å². The first-order valence-electron chi connectivity index (χ1n) is 5.66. The first-order valence-corrected chi connectivity index (χ1v) is 5.66. The quantitative estimate of drug-likeness (QED) is 0.656. The van der Waals surface area contributed by atoms with Crippen LogP contribution in [0.5, 0.6) is 0 Å². The van der Waals surface area contributed by atoms with Crippen molar-refractivity contribution in [2.24, 2.45) is 0 Å². The van der Waals surface area contributed by atoms with E-state index >= 15 is 0 Å². The van der Waals surface area contributed by atoms with Crippen LogP contribution in [0.4, 0.5) is 5.69 Å². The Morgan fingerprint density at radius 3 is 2.44 bits per heavy atom. The van der Waals surface area contributed by atoms with Gasteiger partial charge in [-0.3, -0.25) is 4.57 Å². The zero-order valence-electron chi connectivity index (χ0n) is 9.67. The van der Waals surface area contributed by atoms with Crippen molar-refractivity contribution in [3.8, 4) is 17.5 Å². The molecule has 1 heterocycles. The van der Waals surface area contributed by atoms with Crippen molar-refractivity contribution >= 4 is 16.5 Å². The maximum atomic E-state index is 9.22. The van der Waals surface area contributed by atoms with E-state index in [1.165, 1.54) is 0 Å². The largest absolute Gasteiger partial charge is 0.399 e. The van der Waals surface area contributed by atoms with Crippen LogP contribution in [-0.2, 0) is 0 Å². The summed E-state index contributed by atoms with van der Waals surface area (Å²) in [5, 5.41) is 11.4. The Morgan fingerprint density at radius 2 is 1.72 bits per heavy atom. The van der Waals surface area contributed by atoms with Crippen LogP contribution in [-0.4, -0.2) is 4.57 Å². The maximum absolute atomic E-state index is 9.22. The highest BCUT2D eigenvalue weighted by molar-refractivity contribution is 5.96. The predicted octanol–water partition coefficient (Wildman–Crippen LogP) is 3.22. The SMILES string of the molecule is N#Cn1cc2ccccc2c1-c1ccc(N)cc1. The lowest BCUT2D eigenvalue weighted by molar-refractivity contribution is 1.12. The van der Waals surface area contributed by atoms with Gasteiger partial charge in [0.25, 0.3) is 0 Å². The van der Waals surface area contributed by atoms with Gasteiger partial charge in [-0.25, -0.2) is 0 Å². The lowest BCUT2D eigenvalue weighted by atomic mass is 10.1. The predicted molar refractivity (Wildman–Crippen MR) is 72.8 cm³/mol. The summed E-state index contributed by atoms with van der Waals surface area (Å²) in [6.45, 7) is 0. The van der Waals surface area contributed by atoms with Crippen molar-refractivity contribution in [3.05, 3.63) is 54.7 Å². The Labute approximate surface area is 105 Å². The summed E-state index contributed by atoms with van der Waals surface area (Å²) in [5.41, 5.74) is 8.31. The fourth-order valence-electron chi connectivity index (χ4n) is 2.17.